The van der Waals surface area contributed by atoms with Gasteiger partial charge in [0.15, 0.2) is 6.79 Å². The molecule has 0 saturated carbocycles. The van der Waals surface area contributed by atoms with Gasteiger partial charge in [0.1, 0.15) is 17.4 Å². The summed E-state index contributed by atoms with van der Waals surface area (Å²) in [6, 6.07) is 12.0. The molecule has 0 bridgehead atoms. The largest absolute Gasteiger partial charge is 0.468 e. The van der Waals surface area contributed by atoms with Crippen LogP contribution in [-0.2, 0) is 9.53 Å². The van der Waals surface area contributed by atoms with Crippen LogP contribution in [0, 0.1) is 5.82 Å². The van der Waals surface area contributed by atoms with E-state index in [2.05, 4.69) is 9.97 Å². The monoisotopic (exact) mass is 409 g/mol. The van der Waals surface area contributed by atoms with Crippen molar-refractivity contribution >= 4 is 23.0 Å². The number of nitrogens with zero attached hydrogens (tertiary/aromatic N) is 2. The summed E-state index contributed by atoms with van der Waals surface area (Å²) in [6.45, 7) is 1.54. The number of aromatic amines is 1. The molecule has 1 aliphatic rings. The quantitative estimate of drug-likeness (QED) is 0.492. The summed E-state index contributed by atoms with van der Waals surface area (Å²) in [5.41, 5.74) is 2.41. The van der Waals surface area contributed by atoms with Crippen LogP contribution in [-0.4, -0.2) is 47.8 Å². The number of aromatic nitrogens is 2. The first kappa shape index (κ1) is 20.1. The van der Waals surface area contributed by atoms with Gasteiger partial charge in [0.25, 0.3) is 0 Å². The smallest absolute Gasteiger partial charge is 0.246 e. The number of H-pyrrole nitrogens is 1. The van der Waals surface area contributed by atoms with Crippen LogP contribution in [0.25, 0.3) is 17.1 Å². The maximum atomic E-state index is 13.4. The Hall–Kier alpha value is -3.19. The fourth-order valence-corrected chi connectivity index (χ4v) is 3.64. The third kappa shape index (κ3) is 4.68. The van der Waals surface area contributed by atoms with E-state index in [1.165, 1.54) is 12.1 Å². The topological polar surface area (TPSA) is 67.5 Å². The highest BCUT2D eigenvalue weighted by Gasteiger charge is 2.24. The van der Waals surface area contributed by atoms with Crippen LogP contribution in [0.5, 0.6) is 5.75 Å². The van der Waals surface area contributed by atoms with Crippen molar-refractivity contribution in [3.63, 3.8) is 0 Å². The molecule has 2 heterocycles. The molecule has 3 aromatic rings. The maximum absolute atomic E-state index is 13.4. The number of amides is 1. The number of ether oxygens (including phenoxy) is 2. The fraction of sp³-hybridized carbons (Fsp3) is 0.304. The zero-order chi connectivity index (χ0) is 20.9. The minimum absolute atomic E-state index is 0.000151. The van der Waals surface area contributed by atoms with Crippen LogP contribution in [0.3, 0.4) is 0 Å². The zero-order valence-corrected chi connectivity index (χ0v) is 16.8. The number of rotatable bonds is 6. The van der Waals surface area contributed by atoms with E-state index in [-0.39, 0.29) is 24.4 Å². The molecule has 6 nitrogen and oxygen atoms in total. The number of benzene rings is 2. The van der Waals surface area contributed by atoms with Gasteiger partial charge in [0, 0.05) is 32.2 Å². The normalized spacial score (nSPS) is 15.2. The standard InChI is InChI=1S/C23H24FN3O3/c1-29-15-30-19-6-2-16(3-7-19)4-9-22(28)27-12-10-17(11-13-27)23-25-20-8-5-18(24)14-21(20)26-23/h2-9,14,17H,10-13,15H2,1H3,(H,25,26)/b9-4+. The number of imidazole rings is 1. The lowest BCUT2D eigenvalue weighted by atomic mass is 9.96. The van der Waals surface area contributed by atoms with Crippen molar-refractivity contribution in [1.82, 2.24) is 14.9 Å². The predicted molar refractivity (Wildman–Crippen MR) is 113 cm³/mol. The van der Waals surface area contributed by atoms with Crippen molar-refractivity contribution in [2.24, 2.45) is 0 Å². The number of hydrogen-bond acceptors (Lipinski definition) is 4. The summed E-state index contributed by atoms with van der Waals surface area (Å²) in [6.07, 6.45) is 5.07. The second kappa shape index (κ2) is 9.09. The van der Waals surface area contributed by atoms with Gasteiger partial charge in [-0.15, -0.1) is 0 Å². The van der Waals surface area contributed by atoms with Crippen molar-refractivity contribution in [2.45, 2.75) is 18.8 Å². The second-order valence-corrected chi connectivity index (χ2v) is 7.34. The van der Waals surface area contributed by atoms with Gasteiger partial charge >= 0.3 is 0 Å². The van der Waals surface area contributed by atoms with Crippen molar-refractivity contribution < 1.29 is 18.7 Å². The van der Waals surface area contributed by atoms with E-state index in [0.717, 1.165) is 35.5 Å². The number of carbonyl (C=O) groups is 1. The molecule has 1 aromatic heterocycles. The molecule has 0 aliphatic carbocycles. The van der Waals surface area contributed by atoms with Gasteiger partial charge < -0.3 is 19.4 Å². The zero-order valence-electron chi connectivity index (χ0n) is 16.8. The van der Waals surface area contributed by atoms with E-state index in [1.807, 2.05) is 35.2 Å². The number of carbonyl (C=O) groups excluding carboxylic acids is 1. The lowest BCUT2D eigenvalue weighted by molar-refractivity contribution is -0.127. The summed E-state index contributed by atoms with van der Waals surface area (Å²) in [5.74, 6) is 1.56. The van der Waals surface area contributed by atoms with Crippen LogP contribution in [0.2, 0.25) is 0 Å². The summed E-state index contributed by atoms with van der Waals surface area (Å²) in [7, 11) is 1.57. The number of nitrogens with one attached hydrogen (secondary N) is 1. The van der Waals surface area contributed by atoms with Crippen molar-refractivity contribution in [2.75, 3.05) is 27.0 Å². The van der Waals surface area contributed by atoms with Crippen molar-refractivity contribution in [3.8, 4) is 5.75 Å². The van der Waals surface area contributed by atoms with Gasteiger partial charge in [-0.1, -0.05) is 12.1 Å². The maximum Gasteiger partial charge on any atom is 0.246 e. The molecule has 0 spiro atoms. The first-order valence-corrected chi connectivity index (χ1v) is 9.96. The molecule has 30 heavy (non-hydrogen) atoms. The number of hydrogen-bond donors (Lipinski definition) is 1. The molecule has 156 valence electrons. The number of fused-ring (bicyclic) bond motifs is 1. The Morgan fingerprint density at radius 2 is 2.00 bits per heavy atom. The second-order valence-electron chi connectivity index (χ2n) is 7.34. The number of methoxy groups -OCH3 is 1. The van der Waals surface area contributed by atoms with E-state index in [4.69, 9.17) is 9.47 Å². The van der Waals surface area contributed by atoms with E-state index < -0.39 is 0 Å². The van der Waals surface area contributed by atoms with E-state index >= 15 is 0 Å². The van der Waals surface area contributed by atoms with E-state index in [1.54, 1.807) is 19.3 Å². The van der Waals surface area contributed by atoms with E-state index in [9.17, 15) is 9.18 Å². The lowest BCUT2D eigenvalue weighted by Crippen LogP contribution is -2.37. The van der Waals surface area contributed by atoms with Gasteiger partial charge in [-0.2, -0.15) is 0 Å². The number of piperidine rings is 1. The molecule has 1 amide bonds. The molecule has 1 fully saturated rings. The predicted octanol–water partition coefficient (Wildman–Crippen LogP) is 4.10. The van der Waals surface area contributed by atoms with Crippen LogP contribution in [0.4, 0.5) is 4.39 Å². The molecule has 7 heteroatoms. The lowest BCUT2D eigenvalue weighted by Gasteiger charge is -2.30. The van der Waals surface area contributed by atoms with Gasteiger partial charge in [0.05, 0.1) is 11.0 Å². The van der Waals surface area contributed by atoms with Crippen molar-refractivity contribution in [3.05, 3.63) is 65.7 Å². The fourth-order valence-electron chi connectivity index (χ4n) is 3.64. The van der Waals surface area contributed by atoms with Crippen LogP contribution < -0.4 is 4.74 Å². The Kier molecular flexibility index (Phi) is 6.09. The Morgan fingerprint density at radius 1 is 1.23 bits per heavy atom. The highest BCUT2D eigenvalue weighted by molar-refractivity contribution is 5.91. The number of likely N-dealkylation sites (tertiary alicyclic amines) is 1. The summed E-state index contributed by atoms with van der Waals surface area (Å²) < 4.78 is 23.6. The average molecular weight is 409 g/mol. The first-order valence-electron chi connectivity index (χ1n) is 9.96. The third-order valence-corrected chi connectivity index (χ3v) is 5.30. The van der Waals surface area contributed by atoms with Gasteiger partial charge in [0.2, 0.25) is 5.91 Å². The Bertz CT molecular complexity index is 1040. The molecule has 1 aliphatic heterocycles. The van der Waals surface area contributed by atoms with Gasteiger partial charge in [-0.3, -0.25) is 4.79 Å². The minimum atomic E-state index is -0.276. The molecule has 1 saturated heterocycles. The van der Waals surface area contributed by atoms with Gasteiger partial charge in [-0.05, 0) is 54.8 Å². The molecule has 2 aromatic carbocycles. The van der Waals surface area contributed by atoms with Gasteiger partial charge in [-0.25, -0.2) is 9.37 Å². The summed E-state index contributed by atoms with van der Waals surface area (Å²) >= 11 is 0. The highest BCUT2D eigenvalue weighted by atomic mass is 19.1. The number of halogens is 1. The molecule has 0 unspecified atom stereocenters. The Labute approximate surface area is 174 Å². The summed E-state index contributed by atoms with van der Waals surface area (Å²) in [4.78, 5) is 22.2. The molecule has 4 rings (SSSR count). The minimum Gasteiger partial charge on any atom is -0.468 e. The van der Waals surface area contributed by atoms with Crippen molar-refractivity contribution in [1.29, 1.82) is 0 Å². The molecule has 0 atom stereocenters. The molecular formula is C23H24FN3O3. The Morgan fingerprint density at radius 3 is 2.73 bits per heavy atom. The third-order valence-electron chi connectivity index (χ3n) is 5.30. The SMILES string of the molecule is COCOc1ccc(/C=C/C(=O)N2CCC(c3nc4ccc(F)cc4[nH]3)CC2)cc1. The first-order chi connectivity index (χ1) is 14.6. The van der Waals surface area contributed by atoms with E-state index in [0.29, 0.717) is 18.6 Å². The van der Waals surface area contributed by atoms with Crippen LogP contribution in [0.1, 0.15) is 30.1 Å². The molecule has 1 N–H and O–H groups in total. The van der Waals surface area contributed by atoms with Crippen LogP contribution in [0.15, 0.2) is 48.5 Å². The highest BCUT2D eigenvalue weighted by Crippen LogP contribution is 2.28. The molecular weight excluding hydrogens is 385 g/mol. The van der Waals surface area contributed by atoms with Crippen LogP contribution >= 0.6 is 0 Å². The summed E-state index contributed by atoms with van der Waals surface area (Å²) in [5, 5.41) is 0. The Balaban J connectivity index is 1.31. The average Bonchev–Trinajstić information content (AvgIpc) is 3.20. The molecule has 0 radical (unpaired) electrons.